The minimum atomic E-state index is 0.493. The molecule has 0 bridgehead atoms. The van der Waals surface area contributed by atoms with Crippen LogP contribution in [0.3, 0.4) is 0 Å². The molecule has 0 amide bonds. The molecule has 0 aliphatic rings. The third-order valence-corrected chi connectivity index (χ3v) is 4.39. The molecule has 2 heterocycles. The predicted octanol–water partition coefficient (Wildman–Crippen LogP) is 3.98. The molecule has 2 aromatic carbocycles. The maximum atomic E-state index is 9.56. The first-order valence-electron chi connectivity index (χ1n) is 8.30. The number of nitriles is 1. The molecule has 4 aromatic rings. The first-order valence-corrected chi connectivity index (χ1v) is 8.30. The van der Waals surface area contributed by atoms with E-state index in [-0.39, 0.29) is 0 Å². The highest BCUT2D eigenvalue weighted by Gasteiger charge is 2.17. The standard InChI is InChI=1S/C21H16N4O2/c1-26-17-8-6-16(7-9-17)25-12-15(11-22)20-21(25)19(23-13-24-20)14-4-3-5-18(10-14)27-2/h3-10,12-13H,1-2H3. The van der Waals surface area contributed by atoms with E-state index in [4.69, 9.17) is 9.47 Å². The topological polar surface area (TPSA) is 73.0 Å². The van der Waals surface area contributed by atoms with Gasteiger partial charge in [0.2, 0.25) is 0 Å². The Hall–Kier alpha value is -3.85. The van der Waals surface area contributed by atoms with Crippen molar-refractivity contribution in [2.75, 3.05) is 14.2 Å². The lowest BCUT2D eigenvalue weighted by atomic mass is 10.1. The highest BCUT2D eigenvalue weighted by molar-refractivity contribution is 5.94. The minimum Gasteiger partial charge on any atom is -0.497 e. The molecule has 2 aromatic heterocycles. The van der Waals surface area contributed by atoms with Gasteiger partial charge in [-0.3, -0.25) is 0 Å². The Morgan fingerprint density at radius 2 is 1.74 bits per heavy atom. The number of fused-ring (bicyclic) bond motifs is 1. The van der Waals surface area contributed by atoms with Crippen LogP contribution < -0.4 is 9.47 Å². The fourth-order valence-corrected chi connectivity index (χ4v) is 3.07. The predicted molar refractivity (Wildman–Crippen MR) is 102 cm³/mol. The van der Waals surface area contributed by atoms with Crippen molar-refractivity contribution in [1.82, 2.24) is 14.5 Å². The van der Waals surface area contributed by atoms with Gasteiger partial charge in [-0.1, -0.05) is 12.1 Å². The number of methoxy groups -OCH3 is 2. The second-order valence-electron chi connectivity index (χ2n) is 5.87. The molecule has 0 unspecified atom stereocenters. The van der Waals surface area contributed by atoms with E-state index in [0.29, 0.717) is 11.1 Å². The molecule has 0 aliphatic carbocycles. The van der Waals surface area contributed by atoms with Crippen LogP contribution in [-0.2, 0) is 0 Å². The molecule has 0 atom stereocenters. The highest BCUT2D eigenvalue weighted by atomic mass is 16.5. The van der Waals surface area contributed by atoms with Crippen LogP contribution in [0.1, 0.15) is 5.56 Å². The summed E-state index contributed by atoms with van der Waals surface area (Å²) in [4.78, 5) is 8.85. The molecule has 132 valence electrons. The van der Waals surface area contributed by atoms with Gasteiger partial charge in [0.15, 0.2) is 0 Å². The number of ether oxygens (including phenoxy) is 2. The Bertz CT molecular complexity index is 1160. The summed E-state index contributed by atoms with van der Waals surface area (Å²) < 4.78 is 12.5. The summed E-state index contributed by atoms with van der Waals surface area (Å²) >= 11 is 0. The van der Waals surface area contributed by atoms with Crippen molar-refractivity contribution < 1.29 is 9.47 Å². The summed E-state index contributed by atoms with van der Waals surface area (Å²) in [7, 11) is 3.26. The molecule has 6 heteroatoms. The van der Waals surface area contributed by atoms with Crippen LogP contribution in [0.2, 0.25) is 0 Å². The van der Waals surface area contributed by atoms with Crippen molar-refractivity contribution in [1.29, 1.82) is 5.26 Å². The normalized spacial score (nSPS) is 10.6. The smallest absolute Gasteiger partial charge is 0.119 e. The zero-order valence-electron chi connectivity index (χ0n) is 14.9. The molecular formula is C21H16N4O2. The van der Waals surface area contributed by atoms with Crippen molar-refractivity contribution >= 4 is 11.0 Å². The molecule has 4 rings (SSSR count). The largest absolute Gasteiger partial charge is 0.497 e. The van der Waals surface area contributed by atoms with Crippen molar-refractivity contribution in [3.63, 3.8) is 0 Å². The monoisotopic (exact) mass is 356 g/mol. The summed E-state index contributed by atoms with van der Waals surface area (Å²) in [5, 5.41) is 9.56. The number of hydrogen-bond acceptors (Lipinski definition) is 5. The van der Waals surface area contributed by atoms with Crippen molar-refractivity contribution in [2.24, 2.45) is 0 Å². The minimum absolute atomic E-state index is 0.493. The fraction of sp³-hybridized carbons (Fsp3) is 0.0952. The summed E-state index contributed by atoms with van der Waals surface area (Å²) in [5.41, 5.74) is 4.39. The number of rotatable bonds is 4. The SMILES string of the molecule is COc1ccc(-n2cc(C#N)c3ncnc(-c4cccc(OC)c4)c32)cc1. The van der Waals surface area contributed by atoms with Gasteiger partial charge in [0.05, 0.1) is 31.0 Å². The third-order valence-electron chi connectivity index (χ3n) is 4.39. The van der Waals surface area contributed by atoms with Gasteiger partial charge in [0.25, 0.3) is 0 Å². The Labute approximate surface area is 156 Å². The molecule has 0 aliphatic heterocycles. The quantitative estimate of drug-likeness (QED) is 0.553. The molecular weight excluding hydrogens is 340 g/mol. The van der Waals surface area contributed by atoms with E-state index in [9.17, 15) is 5.26 Å². The average Bonchev–Trinajstić information content (AvgIpc) is 3.13. The fourth-order valence-electron chi connectivity index (χ4n) is 3.07. The van der Waals surface area contributed by atoms with Gasteiger partial charge in [-0.15, -0.1) is 0 Å². The van der Waals surface area contributed by atoms with Gasteiger partial charge in [0.1, 0.15) is 29.4 Å². The van der Waals surface area contributed by atoms with Crippen molar-refractivity contribution in [2.45, 2.75) is 0 Å². The van der Waals surface area contributed by atoms with Crippen LogP contribution in [0.5, 0.6) is 11.5 Å². The van der Waals surface area contributed by atoms with Crippen LogP contribution in [0.15, 0.2) is 61.1 Å². The zero-order chi connectivity index (χ0) is 18.8. The van der Waals surface area contributed by atoms with Gasteiger partial charge < -0.3 is 14.0 Å². The van der Waals surface area contributed by atoms with Crippen LogP contribution in [-0.4, -0.2) is 28.8 Å². The summed E-state index contributed by atoms with van der Waals surface area (Å²) in [6, 6.07) is 17.5. The Morgan fingerprint density at radius 3 is 2.44 bits per heavy atom. The Balaban J connectivity index is 2.00. The molecule has 0 saturated carbocycles. The number of benzene rings is 2. The molecule has 27 heavy (non-hydrogen) atoms. The molecule has 0 fully saturated rings. The summed E-state index contributed by atoms with van der Waals surface area (Å²) in [5.74, 6) is 1.50. The number of aromatic nitrogens is 3. The zero-order valence-corrected chi connectivity index (χ0v) is 14.9. The van der Waals surface area contributed by atoms with E-state index in [1.54, 1.807) is 20.4 Å². The maximum absolute atomic E-state index is 9.56. The molecule has 0 N–H and O–H groups in total. The van der Waals surface area contributed by atoms with Gasteiger partial charge in [-0.25, -0.2) is 9.97 Å². The first-order chi connectivity index (χ1) is 13.2. The van der Waals surface area contributed by atoms with E-state index >= 15 is 0 Å². The molecule has 6 nitrogen and oxygen atoms in total. The molecule has 0 spiro atoms. The molecule has 0 radical (unpaired) electrons. The summed E-state index contributed by atoms with van der Waals surface area (Å²) in [6.45, 7) is 0. The first kappa shape index (κ1) is 16.6. The lowest BCUT2D eigenvalue weighted by molar-refractivity contribution is 0.414. The van der Waals surface area contributed by atoms with E-state index in [1.165, 1.54) is 6.33 Å². The van der Waals surface area contributed by atoms with E-state index in [2.05, 4.69) is 16.0 Å². The van der Waals surface area contributed by atoms with E-state index in [0.717, 1.165) is 34.0 Å². The van der Waals surface area contributed by atoms with Crippen molar-refractivity contribution in [3.05, 3.63) is 66.6 Å². The van der Waals surface area contributed by atoms with E-state index < -0.39 is 0 Å². The highest BCUT2D eigenvalue weighted by Crippen LogP contribution is 2.32. The second kappa shape index (κ2) is 6.81. The van der Waals surface area contributed by atoms with Gasteiger partial charge in [-0.2, -0.15) is 5.26 Å². The number of nitrogens with zero attached hydrogens (tertiary/aromatic N) is 4. The number of hydrogen-bond donors (Lipinski definition) is 0. The lowest BCUT2D eigenvalue weighted by Crippen LogP contribution is -1.97. The molecule has 0 saturated heterocycles. The Kier molecular flexibility index (Phi) is 4.19. The Morgan fingerprint density at radius 1 is 0.963 bits per heavy atom. The van der Waals surface area contributed by atoms with Crippen LogP contribution in [0.25, 0.3) is 28.0 Å². The van der Waals surface area contributed by atoms with Crippen molar-refractivity contribution in [3.8, 4) is 34.5 Å². The average molecular weight is 356 g/mol. The van der Waals surface area contributed by atoms with Crippen LogP contribution >= 0.6 is 0 Å². The van der Waals surface area contributed by atoms with E-state index in [1.807, 2.05) is 53.1 Å². The van der Waals surface area contributed by atoms with Gasteiger partial charge in [0, 0.05) is 17.4 Å². The summed E-state index contributed by atoms with van der Waals surface area (Å²) in [6.07, 6.45) is 3.27. The maximum Gasteiger partial charge on any atom is 0.119 e. The van der Waals surface area contributed by atoms with Gasteiger partial charge in [-0.05, 0) is 36.4 Å². The van der Waals surface area contributed by atoms with Crippen LogP contribution in [0, 0.1) is 11.3 Å². The lowest BCUT2D eigenvalue weighted by Gasteiger charge is -2.10. The van der Waals surface area contributed by atoms with Gasteiger partial charge >= 0.3 is 0 Å². The van der Waals surface area contributed by atoms with Crippen LogP contribution in [0.4, 0.5) is 0 Å². The third kappa shape index (κ3) is 2.85. The second-order valence-corrected chi connectivity index (χ2v) is 5.87.